The second-order valence-electron chi connectivity index (χ2n) is 6.12. The highest BCUT2D eigenvalue weighted by molar-refractivity contribution is 7.15. The van der Waals surface area contributed by atoms with E-state index in [1.54, 1.807) is 48.8 Å². The Morgan fingerprint density at radius 2 is 2.03 bits per heavy atom. The molecule has 0 unspecified atom stereocenters. The molecule has 0 atom stereocenters. The number of esters is 1. The van der Waals surface area contributed by atoms with Crippen LogP contribution in [0.3, 0.4) is 0 Å². The third-order valence-electron chi connectivity index (χ3n) is 4.19. The number of imidazole rings is 1. The molecule has 152 valence electrons. The Bertz CT molecular complexity index is 1270. The van der Waals surface area contributed by atoms with Crippen molar-refractivity contribution in [3.63, 3.8) is 0 Å². The topological polar surface area (TPSA) is 98.4 Å². The monoisotopic (exact) mass is 463 g/mol. The molecule has 0 aliphatic heterocycles. The third-order valence-corrected chi connectivity index (χ3v) is 5.50. The Hall–Kier alpha value is -3.01. The van der Waals surface area contributed by atoms with Gasteiger partial charge < -0.3 is 9.84 Å². The molecule has 1 N–H and O–H groups in total. The molecule has 4 heterocycles. The summed E-state index contributed by atoms with van der Waals surface area (Å²) in [6.07, 6.45) is 3.15. The number of fused-ring (bicyclic) bond motifs is 1. The van der Waals surface area contributed by atoms with Crippen LogP contribution in [0.15, 0.2) is 48.8 Å². The zero-order chi connectivity index (χ0) is 21.3. The fraction of sp³-hybridized carbons (Fsp3) is 0.105. The molecule has 0 aromatic carbocycles. The number of carbonyl (C=O) groups is 2. The number of pyridine rings is 2. The van der Waals surface area contributed by atoms with Gasteiger partial charge in [0.2, 0.25) is 0 Å². The van der Waals surface area contributed by atoms with Crippen LogP contribution in [0.5, 0.6) is 5.88 Å². The lowest BCUT2D eigenvalue weighted by molar-refractivity contribution is -0.521. The molecular formula is C19H13Cl2N4O4S+. The summed E-state index contributed by atoms with van der Waals surface area (Å²) in [5.41, 5.74) is 0.698. The standard InChI is InChI=1S/C19H12Cl2N4O4S/c20-13-5-3-4-11(23-13)10-29-18(28)16(26)15-17(27)24-7-2-1-6-14(24)25(15)9-12-8-22-19(21)30-12/h1-8H,9-10H2/p+1. The molecule has 8 nitrogen and oxygen atoms in total. The molecule has 0 saturated heterocycles. The van der Waals surface area contributed by atoms with Crippen LogP contribution in [0.25, 0.3) is 5.65 Å². The van der Waals surface area contributed by atoms with Crippen molar-refractivity contribution in [3.8, 4) is 5.88 Å². The molecule has 0 saturated carbocycles. The number of thiazole rings is 1. The molecule has 0 fully saturated rings. The summed E-state index contributed by atoms with van der Waals surface area (Å²) in [6.45, 7) is -0.0492. The van der Waals surface area contributed by atoms with Crippen LogP contribution in [-0.2, 0) is 22.7 Å². The summed E-state index contributed by atoms with van der Waals surface area (Å²) < 4.78 is 8.35. The predicted octanol–water partition coefficient (Wildman–Crippen LogP) is 3.07. The van der Waals surface area contributed by atoms with Crippen molar-refractivity contribution in [2.45, 2.75) is 13.2 Å². The van der Waals surface area contributed by atoms with Gasteiger partial charge in [-0.15, -0.1) is 11.3 Å². The van der Waals surface area contributed by atoms with Crippen molar-refractivity contribution < 1.29 is 23.8 Å². The Morgan fingerprint density at radius 3 is 2.77 bits per heavy atom. The van der Waals surface area contributed by atoms with Crippen LogP contribution in [-0.4, -0.2) is 31.4 Å². The van der Waals surface area contributed by atoms with Gasteiger partial charge in [0, 0.05) is 12.3 Å². The van der Waals surface area contributed by atoms with Crippen molar-refractivity contribution in [2.75, 3.05) is 0 Å². The number of Topliss-reactive ketones (excluding diaryl/α,β-unsaturated/α-hetero) is 1. The zero-order valence-electron chi connectivity index (χ0n) is 15.2. The quantitative estimate of drug-likeness (QED) is 0.155. The van der Waals surface area contributed by atoms with Crippen molar-refractivity contribution in [1.29, 1.82) is 0 Å². The van der Waals surface area contributed by atoms with Crippen LogP contribution in [0.1, 0.15) is 21.1 Å². The van der Waals surface area contributed by atoms with Gasteiger partial charge in [-0.3, -0.25) is 4.79 Å². The van der Waals surface area contributed by atoms with E-state index >= 15 is 0 Å². The number of carbonyl (C=O) groups excluding carboxylic acids is 2. The van der Waals surface area contributed by atoms with E-state index in [1.807, 2.05) is 0 Å². The molecule has 4 aromatic heterocycles. The lowest BCUT2D eigenvalue weighted by Gasteiger charge is -2.04. The second-order valence-corrected chi connectivity index (χ2v) is 8.21. The molecule has 0 amide bonds. The highest BCUT2D eigenvalue weighted by Gasteiger charge is 2.36. The summed E-state index contributed by atoms with van der Waals surface area (Å²) in [6, 6.07) is 10.0. The number of halogens is 2. The van der Waals surface area contributed by atoms with E-state index in [1.165, 1.54) is 20.3 Å². The molecule has 30 heavy (non-hydrogen) atoms. The summed E-state index contributed by atoms with van der Waals surface area (Å²) in [5, 5.41) is 10.9. The van der Waals surface area contributed by atoms with E-state index in [0.717, 1.165) is 4.88 Å². The Kier molecular flexibility index (Phi) is 5.67. The highest BCUT2D eigenvalue weighted by atomic mass is 35.5. The SMILES string of the molecule is O=C(OCc1cccc(Cl)n1)C(=O)c1c(O)[n+]2ccccc2n1Cc1cnc(Cl)s1. The second kappa shape index (κ2) is 8.39. The number of ether oxygens (including phenoxy) is 1. The van der Waals surface area contributed by atoms with E-state index in [4.69, 9.17) is 27.9 Å². The van der Waals surface area contributed by atoms with Gasteiger partial charge in [-0.05, 0) is 18.2 Å². The van der Waals surface area contributed by atoms with Crippen LogP contribution in [0.2, 0.25) is 9.62 Å². The molecule has 11 heteroatoms. The highest BCUT2D eigenvalue weighted by Crippen LogP contribution is 2.24. The Balaban J connectivity index is 1.66. The van der Waals surface area contributed by atoms with E-state index in [0.29, 0.717) is 15.8 Å². The predicted molar refractivity (Wildman–Crippen MR) is 109 cm³/mol. The largest absolute Gasteiger partial charge is 0.474 e. The number of aromatic hydroxyl groups is 1. The summed E-state index contributed by atoms with van der Waals surface area (Å²) in [5.74, 6) is -2.49. The molecule has 4 rings (SSSR count). The smallest absolute Gasteiger partial charge is 0.384 e. The molecule has 0 aliphatic carbocycles. The average Bonchev–Trinajstić information content (AvgIpc) is 3.27. The van der Waals surface area contributed by atoms with Gasteiger partial charge >= 0.3 is 17.6 Å². The number of hydrogen-bond acceptors (Lipinski definition) is 7. The maximum absolute atomic E-state index is 12.9. The van der Waals surface area contributed by atoms with Crippen molar-refractivity contribution in [1.82, 2.24) is 14.5 Å². The molecule has 0 bridgehead atoms. The van der Waals surface area contributed by atoms with Gasteiger partial charge in [0.05, 0.1) is 16.8 Å². The number of rotatable bonds is 6. The van der Waals surface area contributed by atoms with Gasteiger partial charge in [-0.1, -0.05) is 35.3 Å². The molecule has 0 spiro atoms. The third kappa shape index (κ3) is 4.00. The first-order valence-electron chi connectivity index (χ1n) is 8.59. The maximum atomic E-state index is 12.9. The Morgan fingerprint density at radius 1 is 1.20 bits per heavy atom. The van der Waals surface area contributed by atoms with Gasteiger partial charge in [-0.2, -0.15) is 4.40 Å². The first-order chi connectivity index (χ1) is 14.4. The average molecular weight is 464 g/mol. The van der Waals surface area contributed by atoms with Gasteiger partial charge in [0.25, 0.3) is 11.3 Å². The van der Waals surface area contributed by atoms with Crippen molar-refractivity contribution >= 4 is 51.9 Å². The summed E-state index contributed by atoms with van der Waals surface area (Å²) in [4.78, 5) is 34.1. The number of hydrogen-bond donors (Lipinski definition) is 1. The molecular weight excluding hydrogens is 451 g/mol. The number of nitrogens with zero attached hydrogens (tertiary/aromatic N) is 4. The first kappa shape index (κ1) is 20.3. The fourth-order valence-corrected chi connectivity index (χ4v) is 4.06. The Labute approximate surface area is 183 Å². The van der Waals surface area contributed by atoms with Crippen LogP contribution in [0.4, 0.5) is 0 Å². The summed E-state index contributed by atoms with van der Waals surface area (Å²) >= 11 is 12.9. The van der Waals surface area contributed by atoms with E-state index in [2.05, 4.69) is 9.97 Å². The van der Waals surface area contributed by atoms with Crippen LogP contribution >= 0.6 is 34.5 Å². The molecule has 0 radical (unpaired) electrons. The molecule has 0 aliphatic rings. The lowest BCUT2D eigenvalue weighted by Crippen LogP contribution is -2.21. The van der Waals surface area contributed by atoms with E-state index < -0.39 is 11.8 Å². The molecule has 4 aromatic rings. The minimum atomic E-state index is -1.13. The van der Waals surface area contributed by atoms with Gasteiger partial charge in [0.1, 0.15) is 18.3 Å². The normalized spacial score (nSPS) is 11.0. The van der Waals surface area contributed by atoms with Crippen molar-refractivity contribution in [2.24, 2.45) is 0 Å². The minimum absolute atomic E-state index is 0.183. The number of aromatic nitrogens is 4. The maximum Gasteiger partial charge on any atom is 0.384 e. The van der Waals surface area contributed by atoms with Crippen molar-refractivity contribution in [3.05, 3.63) is 74.7 Å². The van der Waals surface area contributed by atoms with Crippen LogP contribution < -0.4 is 4.40 Å². The van der Waals surface area contributed by atoms with E-state index in [-0.39, 0.29) is 29.9 Å². The lowest BCUT2D eigenvalue weighted by atomic mass is 10.3. The first-order valence-corrected chi connectivity index (χ1v) is 10.2. The zero-order valence-corrected chi connectivity index (χ0v) is 17.5. The van der Waals surface area contributed by atoms with E-state index in [9.17, 15) is 14.7 Å². The van der Waals surface area contributed by atoms with Crippen LogP contribution in [0, 0.1) is 0 Å². The summed E-state index contributed by atoms with van der Waals surface area (Å²) in [7, 11) is 0. The van der Waals surface area contributed by atoms with Gasteiger partial charge in [-0.25, -0.2) is 19.3 Å². The van der Waals surface area contributed by atoms with Gasteiger partial charge in [0.15, 0.2) is 4.47 Å². The number of ketones is 1. The fourth-order valence-electron chi connectivity index (χ4n) is 2.91. The minimum Gasteiger partial charge on any atom is -0.474 e.